The van der Waals surface area contributed by atoms with E-state index in [9.17, 15) is 0 Å². The van der Waals surface area contributed by atoms with E-state index in [1.807, 2.05) is 19.1 Å². The molecule has 0 aromatic rings. The maximum atomic E-state index is 5.72. The van der Waals surface area contributed by atoms with Gasteiger partial charge < -0.3 is 9.47 Å². The topological polar surface area (TPSA) is 18.5 Å². The quantitative estimate of drug-likeness (QED) is 0.532. The Morgan fingerprint density at radius 1 is 1.21 bits per heavy atom. The lowest BCUT2D eigenvalue weighted by Crippen LogP contribution is -2.39. The molecule has 1 rings (SSSR count). The van der Waals surface area contributed by atoms with Gasteiger partial charge in [0.1, 0.15) is 0 Å². The summed E-state index contributed by atoms with van der Waals surface area (Å²) in [5, 5.41) is 0. The molecule has 0 aliphatic carbocycles. The van der Waals surface area contributed by atoms with Crippen LogP contribution in [0.25, 0.3) is 0 Å². The van der Waals surface area contributed by atoms with Crippen LogP contribution in [0.1, 0.15) is 47.5 Å². The number of hydrogen-bond acceptors (Lipinski definition) is 2. The normalized spacial score (nSPS) is 28.7. The Labute approximate surface area is 118 Å². The van der Waals surface area contributed by atoms with Crippen LogP contribution < -0.4 is 0 Å². The molecule has 19 heavy (non-hydrogen) atoms. The van der Waals surface area contributed by atoms with Gasteiger partial charge in [0.05, 0.1) is 13.2 Å². The monoisotopic (exact) mass is 264 g/mol. The molecule has 1 saturated heterocycles. The summed E-state index contributed by atoms with van der Waals surface area (Å²) in [5.41, 5.74) is 2.76. The van der Waals surface area contributed by atoms with Crippen molar-refractivity contribution in [3.8, 4) is 0 Å². The van der Waals surface area contributed by atoms with E-state index in [0.717, 1.165) is 26.1 Å². The van der Waals surface area contributed by atoms with Crippen molar-refractivity contribution in [3.63, 3.8) is 0 Å². The zero-order chi connectivity index (χ0) is 14.3. The molecule has 0 aromatic carbocycles. The maximum absolute atomic E-state index is 5.72. The second kappa shape index (κ2) is 7.66. The van der Waals surface area contributed by atoms with Gasteiger partial charge in [-0.25, -0.2) is 0 Å². The molecule has 2 nitrogen and oxygen atoms in total. The summed E-state index contributed by atoms with van der Waals surface area (Å²) in [6.07, 6.45) is 10.7. The highest BCUT2D eigenvalue weighted by Gasteiger charge is 2.28. The number of hydrogen-bond donors (Lipinski definition) is 0. The Balaban J connectivity index is 2.41. The molecule has 0 bridgehead atoms. The minimum Gasteiger partial charge on any atom is -0.346 e. The van der Waals surface area contributed by atoms with Crippen molar-refractivity contribution < 1.29 is 9.47 Å². The van der Waals surface area contributed by atoms with E-state index in [4.69, 9.17) is 9.47 Å². The van der Waals surface area contributed by atoms with Gasteiger partial charge in [-0.05, 0) is 46.6 Å². The molecule has 1 heterocycles. The highest BCUT2D eigenvalue weighted by Crippen LogP contribution is 2.22. The average Bonchev–Trinajstić information content (AvgIpc) is 2.33. The van der Waals surface area contributed by atoms with Crippen molar-refractivity contribution >= 4 is 0 Å². The van der Waals surface area contributed by atoms with Gasteiger partial charge in [-0.2, -0.15) is 0 Å². The third kappa shape index (κ3) is 6.74. The minimum absolute atomic E-state index is 0.489. The first-order valence-corrected chi connectivity index (χ1v) is 7.17. The zero-order valence-electron chi connectivity index (χ0n) is 13.0. The molecule has 0 spiro atoms. The minimum atomic E-state index is -0.552. The lowest BCUT2D eigenvalue weighted by Gasteiger charge is -2.34. The van der Waals surface area contributed by atoms with E-state index in [0.29, 0.717) is 5.92 Å². The SMILES string of the molecule is CC(C)=CCC/C(C)=C/C=C/C1(C)OCC(C)CO1. The largest absolute Gasteiger partial charge is 0.346 e. The first kappa shape index (κ1) is 16.2. The lowest BCUT2D eigenvalue weighted by molar-refractivity contribution is -0.241. The Morgan fingerprint density at radius 2 is 1.84 bits per heavy atom. The van der Waals surface area contributed by atoms with Crippen molar-refractivity contribution in [1.82, 2.24) is 0 Å². The third-order valence-corrected chi connectivity index (χ3v) is 3.18. The van der Waals surface area contributed by atoms with Crippen LogP contribution in [0.5, 0.6) is 0 Å². The van der Waals surface area contributed by atoms with E-state index < -0.39 is 5.79 Å². The van der Waals surface area contributed by atoms with Gasteiger partial charge in [-0.3, -0.25) is 0 Å². The molecular weight excluding hydrogens is 236 g/mol. The summed E-state index contributed by atoms with van der Waals surface area (Å²) in [5.74, 6) is -0.0637. The van der Waals surface area contributed by atoms with Crippen molar-refractivity contribution in [2.45, 2.75) is 53.2 Å². The summed E-state index contributed by atoms with van der Waals surface area (Å²) in [4.78, 5) is 0. The second-order valence-corrected chi connectivity index (χ2v) is 5.94. The molecule has 0 N–H and O–H groups in total. The van der Waals surface area contributed by atoms with Crippen LogP contribution in [-0.2, 0) is 9.47 Å². The van der Waals surface area contributed by atoms with Crippen LogP contribution in [0.15, 0.2) is 35.5 Å². The van der Waals surface area contributed by atoms with Crippen LogP contribution in [0.2, 0.25) is 0 Å². The fraction of sp³-hybridized carbons (Fsp3) is 0.647. The van der Waals surface area contributed by atoms with Gasteiger partial charge in [0.15, 0.2) is 5.79 Å². The van der Waals surface area contributed by atoms with E-state index in [1.54, 1.807) is 0 Å². The van der Waals surface area contributed by atoms with Crippen molar-refractivity contribution in [1.29, 1.82) is 0 Å². The van der Waals surface area contributed by atoms with E-state index >= 15 is 0 Å². The van der Waals surface area contributed by atoms with Gasteiger partial charge >= 0.3 is 0 Å². The van der Waals surface area contributed by atoms with E-state index in [2.05, 4.69) is 39.8 Å². The summed E-state index contributed by atoms with van der Waals surface area (Å²) in [7, 11) is 0. The highest BCUT2D eigenvalue weighted by molar-refractivity contribution is 5.14. The van der Waals surface area contributed by atoms with E-state index in [1.165, 1.54) is 11.1 Å². The molecule has 2 heteroatoms. The molecule has 0 amide bonds. The highest BCUT2D eigenvalue weighted by atomic mass is 16.7. The number of rotatable bonds is 5. The predicted octanol–water partition coefficient (Wildman–Crippen LogP) is 4.63. The molecule has 0 unspecified atom stereocenters. The second-order valence-electron chi connectivity index (χ2n) is 5.94. The van der Waals surface area contributed by atoms with Crippen LogP contribution >= 0.6 is 0 Å². The molecule has 1 fully saturated rings. The summed E-state index contributed by atoms with van der Waals surface area (Å²) < 4.78 is 11.4. The van der Waals surface area contributed by atoms with Crippen LogP contribution in [0, 0.1) is 5.92 Å². The number of allylic oxidation sites excluding steroid dienone is 5. The Morgan fingerprint density at radius 3 is 2.42 bits per heavy atom. The van der Waals surface area contributed by atoms with E-state index in [-0.39, 0.29) is 0 Å². The predicted molar refractivity (Wildman–Crippen MR) is 81.0 cm³/mol. The first-order valence-electron chi connectivity index (χ1n) is 7.17. The van der Waals surface area contributed by atoms with Gasteiger partial charge in [-0.15, -0.1) is 0 Å². The van der Waals surface area contributed by atoms with Gasteiger partial charge in [0, 0.05) is 5.92 Å². The Hall–Kier alpha value is -0.860. The zero-order valence-corrected chi connectivity index (χ0v) is 13.0. The average molecular weight is 264 g/mol. The summed E-state index contributed by atoms with van der Waals surface area (Å²) >= 11 is 0. The molecular formula is C17H28O2. The maximum Gasteiger partial charge on any atom is 0.185 e. The molecule has 1 aliphatic heterocycles. The first-order chi connectivity index (χ1) is 8.91. The van der Waals surface area contributed by atoms with Crippen LogP contribution in [0.4, 0.5) is 0 Å². The lowest BCUT2D eigenvalue weighted by atomic mass is 10.1. The molecule has 0 atom stereocenters. The molecule has 1 aliphatic rings. The standard InChI is InChI=1S/C17H28O2/c1-14(2)8-6-9-15(3)10-7-11-17(5)18-12-16(4)13-19-17/h7-8,10-11,16H,6,9,12-13H2,1-5H3/b11-7+,15-10+. The third-order valence-electron chi connectivity index (χ3n) is 3.18. The molecule has 108 valence electrons. The molecule has 0 radical (unpaired) electrons. The van der Waals surface area contributed by atoms with Crippen LogP contribution in [-0.4, -0.2) is 19.0 Å². The molecule has 0 aromatic heterocycles. The van der Waals surface area contributed by atoms with Crippen molar-refractivity contribution in [3.05, 3.63) is 35.5 Å². The summed E-state index contributed by atoms with van der Waals surface area (Å²) in [6.45, 7) is 12.1. The Kier molecular flexibility index (Phi) is 6.53. The van der Waals surface area contributed by atoms with Crippen molar-refractivity contribution in [2.75, 3.05) is 13.2 Å². The fourth-order valence-electron chi connectivity index (χ4n) is 1.86. The van der Waals surface area contributed by atoms with Gasteiger partial charge in [-0.1, -0.05) is 36.3 Å². The Bertz CT molecular complexity index is 351. The van der Waals surface area contributed by atoms with Crippen LogP contribution in [0.3, 0.4) is 0 Å². The van der Waals surface area contributed by atoms with Crippen molar-refractivity contribution in [2.24, 2.45) is 5.92 Å². The fourth-order valence-corrected chi connectivity index (χ4v) is 1.86. The summed E-state index contributed by atoms with van der Waals surface area (Å²) in [6, 6.07) is 0. The van der Waals surface area contributed by atoms with Gasteiger partial charge in [0.2, 0.25) is 0 Å². The molecule has 0 saturated carbocycles. The smallest absolute Gasteiger partial charge is 0.185 e. The van der Waals surface area contributed by atoms with Gasteiger partial charge in [0.25, 0.3) is 0 Å². The number of ether oxygens (including phenoxy) is 2.